The first-order valence-corrected chi connectivity index (χ1v) is 8.27. The normalized spacial score (nSPS) is 14.0. The molecule has 1 heterocycles. The Labute approximate surface area is 158 Å². The Morgan fingerprint density at radius 2 is 1.93 bits per heavy atom. The monoisotopic (exact) mass is 400 g/mol. The summed E-state index contributed by atoms with van der Waals surface area (Å²) in [6.07, 6.45) is -4.81. The topological polar surface area (TPSA) is 72.1 Å². The number of benzene rings is 2. The standard InChI is InChI=1S/C17H16ClF3N4O2/c18-14-2-1-3-15(27-17(19,20)21)13(14)9-26-12-6-4-11(5-7-12)25-10-23-16(8-22)24-25/h1-7H,8-10,22H2,(H,23,24). The van der Waals surface area contributed by atoms with E-state index in [0.29, 0.717) is 24.8 Å². The van der Waals surface area contributed by atoms with Gasteiger partial charge in [0.1, 0.15) is 30.6 Å². The Morgan fingerprint density at radius 1 is 1.19 bits per heavy atom. The molecule has 0 fully saturated rings. The van der Waals surface area contributed by atoms with Crippen LogP contribution in [0.4, 0.5) is 18.9 Å². The quantitative estimate of drug-likeness (QED) is 0.777. The number of amidine groups is 1. The van der Waals surface area contributed by atoms with Gasteiger partial charge < -0.3 is 15.2 Å². The van der Waals surface area contributed by atoms with E-state index in [4.69, 9.17) is 22.1 Å². The number of ether oxygens (including phenoxy) is 2. The summed E-state index contributed by atoms with van der Waals surface area (Å²) in [5, 5.41) is 1.93. The number of nitrogens with two attached hydrogens (primary N) is 1. The van der Waals surface area contributed by atoms with E-state index in [1.807, 2.05) is 0 Å². The van der Waals surface area contributed by atoms with Crippen molar-refractivity contribution in [2.45, 2.75) is 13.0 Å². The van der Waals surface area contributed by atoms with Crippen LogP contribution < -0.4 is 25.6 Å². The van der Waals surface area contributed by atoms with E-state index < -0.39 is 6.36 Å². The lowest BCUT2D eigenvalue weighted by atomic mass is 10.2. The number of rotatable bonds is 6. The van der Waals surface area contributed by atoms with Gasteiger partial charge in [0, 0.05) is 0 Å². The maximum absolute atomic E-state index is 12.5. The van der Waals surface area contributed by atoms with Gasteiger partial charge in [0.2, 0.25) is 0 Å². The minimum atomic E-state index is -4.81. The lowest BCUT2D eigenvalue weighted by molar-refractivity contribution is -0.275. The van der Waals surface area contributed by atoms with Gasteiger partial charge in [-0.2, -0.15) is 0 Å². The SMILES string of the molecule is NCC1=NCN(c2ccc(OCc3c(Cl)cccc3OC(F)(F)F)cc2)N1. The van der Waals surface area contributed by atoms with Crippen molar-refractivity contribution < 1.29 is 22.6 Å². The zero-order chi connectivity index (χ0) is 19.4. The summed E-state index contributed by atoms with van der Waals surface area (Å²) in [4.78, 5) is 4.21. The van der Waals surface area contributed by atoms with Gasteiger partial charge in [0.15, 0.2) is 0 Å². The number of alkyl halides is 3. The van der Waals surface area contributed by atoms with Crippen molar-refractivity contribution in [1.82, 2.24) is 5.43 Å². The van der Waals surface area contributed by atoms with Crippen molar-refractivity contribution in [2.24, 2.45) is 10.7 Å². The summed E-state index contributed by atoms with van der Waals surface area (Å²) in [5.41, 5.74) is 9.53. The first-order valence-electron chi connectivity index (χ1n) is 7.89. The largest absolute Gasteiger partial charge is 0.573 e. The molecule has 0 radical (unpaired) electrons. The number of hydrazine groups is 1. The number of nitrogens with zero attached hydrogens (tertiary/aromatic N) is 2. The zero-order valence-corrected chi connectivity index (χ0v) is 14.7. The Kier molecular flexibility index (Phi) is 5.62. The molecule has 3 N–H and O–H groups in total. The average molecular weight is 401 g/mol. The summed E-state index contributed by atoms with van der Waals surface area (Å²) in [6.45, 7) is 0.579. The van der Waals surface area contributed by atoms with E-state index in [9.17, 15) is 13.2 Å². The molecule has 6 nitrogen and oxygen atoms in total. The van der Waals surface area contributed by atoms with Crippen LogP contribution in [0.1, 0.15) is 5.56 Å². The summed E-state index contributed by atoms with van der Waals surface area (Å²) >= 11 is 6.00. The average Bonchev–Trinajstić information content (AvgIpc) is 3.10. The Morgan fingerprint density at radius 3 is 2.56 bits per heavy atom. The second-order valence-corrected chi connectivity index (χ2v) is 5.94. The van der Waals surface area contributed by atoms with Crippen molar-refractivity contribution in [2.75, 3.05) is 18.2 Å². The van der Waals surface area contributed by atoms with Crippen LogP contribution in [0.15, 0.2) is 47.5 Å². The molecule has 0 saturated carbocycles. The van der Waals surface area contributed by atoms with Gasteiger partial charge in [0.05, 0.1) is 22.8 Å². The molecule has 1 aliphatic heterocycles. The molecule has 0 saturated heterocycles. The maximum atomic E-state index is 12.5. The first-order chi connectivity index (χ1) is 12.9. The zero-order valence-electron chi connectivity index (χ0n) is 14.0. The predicted molar refractivity (Wildman–Crippen MR) is 95.9 cm³/mol. The van der Waals surface area contributed by atoms with Crippen LogP contribution >= 0.6 is 11.6 Å². The fourth-order valence-electron chi connectivity index (χ4n) is 2.42. The molecule has 0 aromatic heterocycles. The molecule has 27 heavy (non-hydrogen) atoms. The fourth-order valence-corrected chi connectivity index (χ4v) is 2.64. The third kappa shape index (κ3) is 4.95. The molecule has 0 amide bonds. The third-order valence-electron chi connectivity index (χ3n) is 3.69. The van der Waals surface area contributed by atoms with Crippen LogP contribution in [0.3, 0.4) is 0 Å². The second kappa shape index (κ2) is 7.93. The van der Waals surface area contributed by atoms with E-state index in [-0.39, 0.29) is 22.9 Å². The van der Waals surface area contributed by atoms with E-state index >= 15 is 0 Å². The van der Waals surface area contributed by atoms with Crippen molar-refractivity contribution >= 4 is 23.1 Å². The molecule has 10 heteroatoms. The minimum absolute atomic E-state index is 0.114. The molecule has 3 rings (SSSR count). The molecule has 0 spiro atoms. The van der Waals surface area contributed by atoms with Gasteiger partial charge in [-0.25, -0.2) is 4.99 Å². The van der Waals surface area contributed by atoms with Crippen LogP contribution in [-0.4, -0.2) is 25.4 Å². The van der Waals surface area contributed by atoms with E-state index in [2.05, 4.69) is 15.2 Å². The highest BCUT2D eigenvalue weighted by molar-refractivity contribution is 6.31. The molecular weight excluding hydrogens is 385 g/mol. The smallest absolute Gasteiger partial charge is 0.489 e. The molecule has 0 bridgehead atoms. The molecular formula is C17H16ClF3N4O2. The molecule has 2 aromatic rings. The van der Waals surface area contributed by atoms with Crippen molar-refractivity contribution in [3.63, 3.8) is 0 Å². The van der Waals surface area contributed by atoms with E-state index in [0.717, 1.165) is 5.69 Å². The second-order valence-electron chi connectivity index (χ2n) is 5.54. The van der Waals surface area contributed by atoms with Gasteiger partial charge in [-0.3, -0.25) is 10.4 Å². The first kappa shape index (κ1) is 19.1. The summed E-state index contributed by atoms with van der Waals surface area (Å²) in [6, 6.07) is 11.0. The molecule has 144 valence electrons. The van der Waals surface area contributed by atoms with Crippen molar-refractivity contribution in [3.05, 3.63) is 53.1 Å². The number of halogens is 4. The highest BCUT2D eigenvalue weighted by Crippen LogP contribution is 2.32. The molecule has 2 aromatic carbocycles. The van der Waals surface area contributed by atoms with Gasteiger partial charge in [-0.1, -0.05) is 17.7 Å². The highest BCUT2D eigenvalue weighted by atomic mass is 35.5. The molecule has 0 unspecified atom stereocenters. The van der Waals surface area contributed by atoms with Gasteiger partial charge in [-0.15, -0.1) is 13.2 Å². The lowest BCUT2D eigenvalue weighted by Gasteiger charge is -2.19. The third-order valence-corrected chi connectivity index (χ3v) is 4.05. The summed E-state index contributed by atoms with van der Waals surface area (Å²) < 4.78 is 47.2. The van der Waals surface area contributed by atoms with Gasteiger partial charge >= 0.3 is 6.36 Å². The van der Waals surface area contributed by atoms with Gasteiger partial charge in [-0.05, 0) is 36.4 Å². The predicted octanol–water partition coefficient (Wildman–Crippen LogP) is 3.46. The highest BCUT2D eigenvalue weighted by Gasteiger charge is 2.32. The van der Waals surface area contributed by atoms with E-state index in [1.54, 1.807) is 29.3 Å². The van der Waals surface area contributed by atoms with Gasteiger partial charge in [0.25, 0.3) is 0 Å². The number of aliphatic imine (C=N–C) groups is 1. The van der Waals surface area contributed by atoms with Crippen LogP contribution in [0.2, 0.25) is 5.02 Å². The molecule has 1 aliphatic rings. The summed E-state index contributed by atoms with van der Waals surface area (Å²) in [5.74, 6) is 0.765. The van der Waals surface area contributed by atoms with Crippen LogP contribution in [0.25, 0.3) is 0 Å². The fraction of sp³-hybridized carbons (Fsp3) is 0.235. The lowest BCUT2D eigenvalue weighted by Crippen LogP contribution is -2.38. The van der Waals surface area contributed by atoms with Crippen LogP contribution in [0, 0.1) is 0 Å². The Hall–Kier alpha value is -2.65. The number of anilines is 1. The Bertz CT molecular complexity index is 828. The number of nitrogens with one attached hydrogen (secondary N) is 1. The molecule has 0 atom stereocenters. The van der Waals surface area contributed by atoms with Crippen molar-refractivity contribution in [1.29, 1.82) is 0 Å². The van der Waals surface area contributed by atoms with Crippen molar-refractivity contribution in [3.8, 4) is 11.5 Å². The minimum Gasteiger partial charge on any atom is -0.489 e. The summed E-state index contributed by atoms with van der Waals surface area (Å²) in [7, 11) is 0. The number of hydrogen-bond acceptors (Lipinski definition) is 6. The van der Waals surface area contributed by atoms with E-state index in [1.165, 1.54) is 18.2 Å². The maximum Gasteiger partial charge on any atom is 0.573 e. The van der Waals surface area contributed by atoms with Crippen LogP contribution in [-0.2, 0) is 6.61 Å². The number of hydrogen-bond donors (Lipinski definition) is 2. The molecule has 0 aliphatic carbocycles. The van der Waals surface area contributed by atoms with Crippen LogP contribution in [0.5, 0.6) is 11.5 Å². The Balaban J connectivity index is 1.66.